The number of carbonyl (C=O) groups is 1. The molecule has 3 aromatic rings. The first kappa shape index (κ1) is 17.9. The van der Waals surface area contributed by atoms with Crippen molar-refractivity contribution < 1.29 is 9.90 Å². The van der Waals surface area contributed by atoms with E-state index in [9.17, 15) is 9.90 Å². The van der Waals surface area contributed by atoms with E-state index in [4.69, 9.17) is 0 Å². The standard InChI is InChI=1S/C20H21N3O2S/c1-12-8-7-9-13(2)16(12)22-20-23-19(25)17(26-20)14(3)18(24)21-15-10-5-4-6-11-15/h4-11,14,25H,1-3H3,(H,21,24)(H,22,23). The summed E-state index contributed by atoms with van der Waals surface area (Å²) in [6.07, 6.45) is 0. The van der Waals surface area contributed by atoms with Crippen LogP contribution in [0.2, 0.25) is 0 Å². The van der Waals surface area contributed by atoms with Gasteiger partial charge in [0, 0.05) is 11.4 Å². The molecule has 5 nitrogen and oxygen atoms in total. The normalized spacial score (nSPS) is 11.8. The molecule has 0 saturated carbocycles. The second-order valence-electron chi connectivity index (χ2n) is 6.18. The zero-order valence-electron chi connectivity index (χ0n) is 14.9. The number of carbonyl (C=O) groups excluding carboxylic acids is 1. The Morgan fingerprint density at radius 2 is 1.73 bits per heavy atom. The monoisotopic (exact) mass is 367 g/mol. The number of hydrogen-bond donors (Lipinski definition) is 3. The molecule has 2 aromatic carbocycles. The number of aromatic nitrogens is 1. The highest BCUT2D eigenvalue weighted by Gasteiger charge is 2.23. The van der Waals surface area contributed by atoms with Gasteiger partial charge >= 0.3 is 0 Å². The summed E-state index contributed by atoms with van der Waals surface area (Å²) in [6.45, 7) is 5.79. The van der Waals surface area contributed by atoms with Crippen molar-refractivity contribution in [2.75, 3.05) is 10.6 Å². The van der Waals surface area contributed by atoms with Crippen LogP contribution in [0.15, 0.2) is 48.5 Å². The molecule has 3 rings (SSSR count). The van der Waals surface area contributed by atoms with Gasteiger partial charge in [0.05, 0.1) is 10.8 Å². The number of aryl methyl sites for hydroxylation is 2. The molecule has 1 aromatic heterocycles. The van der Waals surface area contributed by atoms with Crippen LogP contribution in [0, 0.1) is 13.8 Å². The maximum Gasteiger partial charge on any atom is 0.232 e. The minimum Gasteiger partial charge on any atom is -0.492 e. The van der Waals surface area contributed by atoms with Gasteiger partial charge in [-0.05, 0) is 44.0 Å². The number of rotatable bonds is 5. The summed E-state index contributed by atoms with van der Waals surface area (Å²) in [6, 6.07) is 15.3. The first-order chi connectivity index (χ1) is 12.5. The Morgan fingerprint density at radius 3 is 2.38 bits per heavy atom. The molecule has 1 heterocycles. The van der Waals surface area contributed by atoms with Gasteiger partial charge in [0.2, 0.25) is 11.8 Å². The lowest BCUT2D eigenvalue weighted by Crippen LogP contribution is -2.18. The number of benzene rings is 2. The fraction of sp³-hybridized carbons (Fsp3) is 0.200. The van der Waals surface area contributed by atoms with E-state index in [-0.39, 0.29) is 11.8 Å². The second kappa shape index (κ2) is 7.58. The lowest BCUT2D eigenvalue weighted by molar-refractivity contribution is -0.117. The molecule has 0 aliphatic carbocycles. The average molecular weight is 367 g/mol. The van der Waals surface area contributed by atoms with Gasteiger partial charge in [-0.15, -0.1) is 0 Å². The Kier molecular flexibility index (Phi) is 5.23. The summed E-state index contributed by atoms with van der Waals surface area (Å²) >= 11 is 1.29. The number of nitrogens with zero attached hydrogens (tertiary/aromatic N) is 1. The third-order valence-electron chi connectivity index (χ3n) is 4.18. The van der Waals surface area contributed by atoms with E-state index in [1.165, 1.54) is 11.3 Å². The van der Waals surface area contributed by atoms with Crippen molar-refractivity contribution >= 4 is 33.8 Å². The third-order valence-corrected chi connectivity index (χ3v) is 5.32. The molecule has 1 unspecified atom stereocenters. The zero-order chi connectivity index (χ0) is 18.7. The van der Waals surface area contributed by atoms with Gasteiger partial charge in [-0.25, -0.2) is 0 Å². The Balaban J connectivity index is 1.78. The lowest BCUT2D eigenvalue weighted by atomic mass is 10.1. The number of aromatic hydroxyl groups is 1. The van der Waals surface area contributed by atoms with Crippen LogP contribution in [-0.2, 0) is 4.79 Å². The van der Waals surface area contributed by atoms with E-state index in [1.54, 1.807) is 6.92 Å². The largest absolute Gasteiger partial charge is 0.492 e. The van der Waals surface area contributed by atoms with E-state index >= 15 is 0 Å². The van der Waals surface area contributed by atoms with E-state index in [0.717, 1.165) is 22.5 Å². The van der Waals surface area contributed by atoms with Gasteiger partial charge in [0.1, 0.15) is 0 Å². The molecule has 6 heteroatoms. The van der Waals surface area contributed by atoms with Crippen molar-refractivity contribution in [1.82, 2.24) is 4.98 Å². The lowest BCUT2D eigenvalue weighted by Gasteiger charge is -2.11. The van der Waals surface area contributed by atoms with Gasteiger partial charge in [0.15, 0.2) is 5.13 Å². The fourth-order valence-electron chi connectivity index (χ4n) is 2.67. The number of nitrogens with one attached hydrogen (secondary N) is 2. The number of para-hydroxylation sites is 2. The van der Waals surface area contributed by atoms with Gasteiger partial charge in [-0.3, -0.25) is 4.79 Å². The average Bonchev–Trinajstić information content (AvgIpc) is 2.99. The second-order valence-corrected chi connectivity index (χ2v) is 7.21. The summed E-state index contributed by atoms with van der Waals surface area (Å²) in [7, 11) is 0. The third kappa shape index (κ3) is 3.86. The summed E-state index contributed by atoms with van der Waals surface area (Å²) in [5.41, 5.74) is 3.88. The molecule has 1 amide bonds. The molecule has 0 aliphatic rings. The summed E-state index contributed by atoms with van der Waals surface area (Å²) in [5.74, 6) is -0.811. The first-order valence-electron chi connectivity index (χ1n) is 8.34. The predicted molar refractivity (Wildman–Crippen MR) is 106 cm³/mol. The topological polar surface area (TPSA) is 74.2 Å². The first-order valence-corrected chi connectivity index (χ1v) is 9.16. The molecule has 0 radical (unpaired) electrons. The van der Waals surface area contributed by atoms with Crippen molar-refractivity contribution in [3.63, 3.8) is 0 Å². The molecule has 0 bridgehead atoms. The SMILES string of the molecule is Cc1cccc(C)c1Nc1nc(O)c(C(C)C(=O)Nc2ccccc2)s1. The van der Waals surface area contributed by atoms with Crippen LogP contribution >= 0.6 is 11.3 Å². The van der Waals surface area contributed by atoms with Crippen LogP contribution in [0.3, 0.4) is 0 Å². The highest BCUT2D eigenvalue weighted by Crippen LogP contribution is 2.37. The maximum atomic E-state index is 12.5. The van der Waals surface area contributed by atoms with Crippen molar-refractivity contribution in [3.05, 3.63) is 64.5 Å². The number of hydrogen-bond acceptors (Lipinski definition) is 5. The molecular formula is C20H21N3O2S. The van der Waals surface area contributed by atoms with E-state index in [2.05, 4.69) is 15.6 Å². The number of anilines is 3. The molecule has 3 N–H and O–H groups in total. The van der Waals surface area contributed by atoms with Crippen LogP contribution < -0.4 is 10.6 Å². The fourth-order valence-corrected chi connectivity index (χ4v) is 3.58. The van der Waals surface area contributed by atoms with Gasteiger partial charge in [-0.2, -0.15) is 4.98 Å². The van der Waals surface area contributed by atoms with Crippen molar-refractivity contribution in [2.24, 2.45) is 0 Å². The minimum absolute atomic E-state index is 0.112. The van der Waals surface area contributed by atoms with Gasteiger partial charge in [-0.1, -0.05) is 47.7 Å². The Labute approximate surface area is 156 Å². The van der Waals surface area contributed by atoms with Crippen LogP contribution in [0.25, 0.3) is 0 Å². The molecule has 26 heavy (non-hydrogen) atoms. The predicted octanol–water partition coefficient (Wildman–Crippen LogP) is 4.95. The number of thiazole rings is 1. The van der Waals surface area contributed by atoms with Gasteiger partial charge < -0.3 is 15.7 Å². The Morgan fingerprint density at radius 1 is 1.08 bits per heavy atom. The van der Waals surface area contributed by atoms with Crippen molar-refractivity contribution in [3.8, 4) is 5.88 Å². The zero-order valence-corrected chi connectivity index (χ0v) is 15.7. The molecule has 1 atom stereocenters. The van der Waals surface area contributed by atoms with Crippen LogP contribution in [-0.4, -0.2) is 16.0 Å². The summed E-state index contributed by atoms with van der Waals surface area (Å²) in [5, 5.41) is 16.9. The number of amides is 1. The summed E-state index contributed by atoms with van der Waals surface area (Å²) in [4.78, 5) is 17.2. The van der Waals surface area contributed by atoms with E-state index in [1.807, 2.05) is 62.4 Å². The van der Waals surface area contributed by atoms with Crippen molar-refractivity contribution in [1.29, 1.82) is 0 Å². The summed E-state index contributed by atoms with van der Waals surface area (Å²) < 4.78 is 0. The van der Waals surface area contributed by atoms with Crippen LogP contribution in [0.4, 0.5) is 16.5 Å². The quantitative estimate of drug-likeness (QED) is 0.596. The molecule has 0 spiro atoms. The highest BCUT2D eigenvalue weighted by atomic mass is 32.1. The van der Waals surface area contributed by atoms with Crippen LogP contribution in [0.5, 0.6) is 5.88 Å². The molecule has 134 valence electrons. The molecule has 0 aliphatic heterocycles. The van der Waals surface area contributed by atoms with E-state index in [0.29, 0.717) is 10.0 Å². The smallest absolute Gasteiger partial charge is 0.232 e. The van der Waals surface area contributed by atoms with E-state index < -0.39 is 5.92 Å². The maximum absolute atomic E-state index is 12.5. The Bertz CT molecular complexity index is 902. The highest BCUT2D eigenvalue weighted by molar-refractivity contribution is 7.16. The van der Waals surface area contributed by atoms with Crippen molar-refractivity contribution in [2.45, 2.75) is 26.7 Å². The molecule has 0 fully saturated rings. The minimum atomic E-state index is -0.513. The Hall–Kier alpha value is -2.86. The van der Waals surface area contributed by atoms with Crippen LogP contribution in [0.1, 0.15) is 28.8 Å². The van der Waals surface area contributed by atoms with Gasteiger partial charge in [0.25, 0.3) is 0 Å². The molecular weight excluding hydrogens is 346 g/mol. The molecule has 0 saturated heterocycles.